The van der Waals surface area contributed by atoms with E-state index in [1.54, 1.807) is 31.3 Å². The molecule has 1 aliphatic heterocycles. The van der Waals surface area contributed by atoms with Gasteiger partial charge in [0.2, 0.25) is 0 Å². The molecule has 3 heterocycles. The summed E-state index contributed by atoms with van der Waals surface area (Å²) in [7, 11) is 0. The topological polar surface area (TPSA) is 123 Å². The molecule has 4 rings (SSSR count). The van der Waals surface area contributed by atoms with Gasteiger partial charge in [-0.05, 0) is 42.8 Å². The molecule has 154 valence electrons. The van der Waals surface area contributed by atoms with Gasteiger partial charge in [0.15, 0.2) is 11.6 Å². The minimum atomic E-state index is -0.555. The third-order valence-electron chi connectivity index (χ3n) is 5.01. The van der Waals surface area contributed by atoms with Gasteiger partial charge >= 0.3 is 0 Å². The van der Waals surface area contributed by atoms with E-state index in [1.807, 2.05) is 6.07 Å². The minimum absolute atomic E-state index is 0.165. The van der Waals surface area contributed by atoms with Crippen molar-refractivity contribution in [3.05, 3.63) is 83.1 Å². The summed E-state index contributed by atoms with van der Waals surface area (Å²) in [6, 6.07) is 11.9. The molecule has 0 saturated heterocycles. The van der Waals surface area contributed by atoms with E-state index >= 15 is 0 Å². The van der Waals surface area contributed by atoms with E-state index in [1.165, 1.54) is 24.5 Å². The van der Waals surface area contributed by atoms with E-state index in [0.717, 1.165) is 11.1 Å². The summed E-state index contributed by atoms with van der Waals surface area (Å²) in [6.45, 7) is 2.03. The van der Waals surface area contributed by atoms with Gasteiger partial charge in [-0.3, -0.25) is 9.98 Å². The Hall–Kier alpha value is -4.25. The summed E-state index contributed by atoms with van der Waals surface area (Å²) >= 11 is 0. The number of hydrogen-bond acceptors (Lipinski definition) is 7. The van der Waals surface area contributed by atoms with Crippen molar-refractivity contribution >= 4 is 11.5 Å². The second-order valence-corrected chi connectivity index (χ2v) is 6.97. The lowest BCUT2D eigenvalue weighted by molar-refractivity contribution is 0.227. The van der Waals surface area contributed by atoms with Crippen LogP contribution in [0.2, 0.25) is 0 Å². The van der Waals surface area contributed by atoms with Crippen LogP contribution in [0.1, 0.15) is 29.7 Å². The van der Waals surface area contributed by atoms with Crippen LogP contribution in [0.4, 0.5) is 10.2 Å². The number of nitrogens with zero attached hydrogens (tertiary/aromatic N) is 4. The highest BCUT2D eigenvalue weighted by atomic mass is 19.1. The van der Waals surface area contributed by atoms with Gasteiger partial charge in [-0.1, -0.05) is 6.07 Å². The van der Waals surface area contributed by atoms with Crippen molar-refractivity contribution in [2.24, 2.45) is 10.7 Å². The van der Waals surface area contributed by atoms with Crippen molar-refractivity contribution in [3.63, 3.8) is 0 Å². The zero-order valence-electron chi connectivity index (χ0n) is 16.7. The van der Waals surface area contributed by atoms with E-state index in [0.29, 0.717) is 28.3 Å². The maximum absolute atomic E-state index is 14.1. The lowest BCUT2D eigenvalue weighted by Crippen LogP contribution is -2.13. The summed E-state index contributed by atoms with van der Waals surface area (Å²) in [4.78, 5) is 13.4. The van der Waals surface area contributed by atoms with Crippen molar-refractivity contribution < 1.29 is 9.13 Å². The number of ether oxygens (including phenoxy) is 1. The van der Waals surface area contributed by atoms with Gasteiger partial charge in [-0.25, -0.2) is 9.37 Å². The maximum atomic E-state index is 14.1. The van der Waals surface area contributed by atoms with Gasteiger partial charge < -0.3 is 16.2 Å². The normalized spacial score (nSPS) is 15.8. The zero-order chi connectivity index (χ0) is 22.0. The molecule has 1 aromatic carbocycles. The first kappa shape index (κ1) is 20.0. The average Bonchev–Trinajstić information content (AvgIpc) is 2.78. The first-order chi connectivity index (χ1) is 15.0. The minimum Gasteiger partial charge on any atom is -0.482 e. The number of rotatable bonds is 1. The Morgan fingerprint density at radius 3 is 2.90 bits per heavy atom. The highest BCUT2D eigenvalue weighted by Crippen LogP contribution is 2.35. The van der Waals surface area contributed by atoms with Crippen molar-refractivity contribution in [1.82, 2.24) is 9.97 Å². The molecule has 2 bridgehead atoms. The number of fused-ring (bicyclic) bond motifs is 5. The molecule has 8 heteroatoms. The number of halogens is 1. The van der Waals surface area contributed by atoms with Crippen molar-refractivity contribution in [3.8, 4) is 23.1 Å². The van der Waals surface area contributed by atoms with Gasteiger partial charge in [0, 0.05) is 35.3 Å². The van der Waals surface area contributed by atoms with Crippen LogP contribution in [-0.2, 0) is 6.54 Å². The number of benzene rings is 1. The maximum Gasteiger partial charge on any atom is 0.166 e. The van der Waals surface area contributed by atoms with E-state index in [-0.39, 0.29) is 23.8 Å². The highest BCUT2D eigenvalue weighted by molar-refractivity contribution is 6.15. The first-order valence-electron chi connectivity index (χ1n) is 9.55. The number of aromatic nitrogens is 2. The van der Waals surface area contributed by atoms with Gasteiger partial charge in [0.05, 0.1) is 23.5 Å². The van der Waals surface area contributed by atoms with Gasteiger partial charge in [-0.15, -0.1) is 0 Å². The largest absolute Gasteiger partial charge is 0.482 e. The molecule has 0 amide bonds. The van der Waals surface area contributed by atoms with E-state index in [2.05, 4.69) is 21.0 Å². The molecule has 0 radical (unpaired) electrons. The Labute approximate surface area is 178 Å². The van der Waals surface area contributed by atoms with Crippen molar-refractivity contribution in [1.29, 1.82) is 5.26 Å². The van der Waals surface area contributed by atoms with Crippen LogP contribution in [-0.4, -0.2) is 15.7 Å². The molecule has 0 spiro atoms. The molecule has 0 saturated carbocycles. The Kier molecular flexibility index (Phi) is 5.33. The van der Waals surface area contributed by atoms with Crippen LogP contribution < -0.4 is 16.2 Å². The second kappa shape index (κ2) is 8.24. The summed E-state index contributed by atoms with van der Waals surface area (Å²) in [5.74, 6) is 0.0773. The summed E-state index contributed by atoms with van der Waals surface area (Å²) in [5, 5.41) is 9.54. The van der Waals surface area contributed by atoms with Crippen molar-refractivity contribution in [2.45, 2.75) is 19.6 Å². The number of pyridine rings is 2. The molecule has 7 nitrogen and oxygen atoms in total. The van der Waals surface area contributed by atoms with Crippen LogP contribution in [0, 0.1) is 17.1 Å². The fraction of sp³-hybridized carbons (Fsp3) is 0.130. The van der Waals surface area contributed by atoms with Crippen LogP contribution in [0.5, 0.6) is 5.75 Å². The number of allylic oxidation sites excluding steroid dienone is 1. The number of aliphatic imine (C=N–C) groups is 1. The van der Waals surface area contributed by atoms with Crippen LogP contribution >= 0.6 is 0 Å². The van der Waals surface area contributed by atoms with Gasteiger partial charge in [0.25, 0.3) is 0 Å². The van der Waals surface area contributed by atoms with Crippen LogP contribution in [0.15, 0.2) is 65.6 Å². The van der Waals surface area contributed by atoms with E-state index in [9.17, 15) is 9.65 Å². The SMILES string of the molecule is C[C@H]1Oc2cc(cnc2N)C(C(C#N)=CN)=NCc2cccnc2-c2ccc(F)cc21. The Balaban J connectivity index is 2.01. The molecule has 3 aromatic rings. The second-order valence-electron chi connectivity index (χ2n) is 6.97. The fourth-order valence-electron chi connectivity index (χ4n) is 3.49. The van der Waals surface area contributed by atoms with Crippen LogP contribution in [0.25, 0.3) is 11.3 Å². The first-order valence-corrected chi connectivity index (χ1v) is 9.55. The number of nitriles is 1. The predicted molar refractivity (Wildman–Crippen MR) is 115 cm³/mol. The smallest absolute Gasteiger partial charge is 0.166 e. The molecule has 4 N–H and O–H groups in total. The molecule has 2 aromatic heterocycles. The van der Waals surface area contributed by atoms with Gasteiger partial charge in [0.1, 0.15) is 18.0 Å². The highest BCUT2D eigenvalue weighted by Gasteiger charge is 2.21. The summed E-state index contributed by atoms with van der Waals surface area (Å²) < 4.78 is 20.2. The number of nitrogen functional groups attached to an aromatic ring is 1. The predicted octanol–water partition coefficient (Wildman–Crippen LogP) is 3.67. The number of anilines is 1. The Morgan fingerprint density at radius 1 is 1.29 bits per heavy atom. The molecular formula is C23H19FN6O. The van der Waals surface area contributed by atoms with Crippen LogP contribution in [0.3, 0.4) is 0 Å². The lowest BCUT2D eigenvalue weighted by Gasteiger charge is -2.21. The quantitative estimate of drug-likeness (QED) is 0.586. The number of nitrogens with two attached hydrogens (primary N) is 2. The molecule has 0 fully saturated rings. The molecular weight excluding hydrogens is 395 g/mol. The molecule has 31 heavy (non-hydrogen) atoms. The van der Waals surface area contributed by atoms with Gasteiger partial charge in [-0.2, -0.15) is 5.26 Å². The molecule has 0 unspecified atom stereocenters. The lowest BCUT2D eigenvalue weighted by atomic mass is 9.96. The Bertz CT molecular complexity index is 1260. The summed E-state index contributed by atoms with van der Waals surface area (Å²) in [5.41, 5.74) is 15.6. The van der Waals surface area contributed by atoms with Crippen molar-refractivity contribution in [2.75, 3.05) is 5.73 Å². The van der Waals surface area contributed by atoms with E-state index < -0.39 is 6.10 Å². The molecule has 0 aliphatic carbocycles. The third kappa shape index (κ3) is 3.81. The third-order valence-corrected chi connectivity index (χ3v) is 5.01. The zero-order valence-corrected chi connectivity index (χ0v) is 16.7. The molecule has 1 aliphatic rings. The molecule has 1 atom stereocenters. The number of hydrogen-bond donors (Lipinski definition) is 2. The van der Waals surface area contributed by atoms with E-state index in [4.69, 9.17) is 16.2 Å². The average molecular weight is 414 g/mol. The monoisotopic (exact) mass is 414 g/mol. The fourth-order valence-corrected chi connectivity index (χ4v) is 3.49. The summed E-state index contributed by atoms with van der Waals surface area (Å²) in [6.07, 6.45) is 3.82. The standard InChI is InChI=1S/C23H19FN6O/c1-13-19-8-17(24)4-5-18(19)22-14(3-2-6-28-22)11-29-21(16(9-25)10-26)15-7-20(31-13)23(27)30-12-15/h2-9,12-13H,11,25H2,1H3,(H2,27,30)/t13-/m1/s1. The Morgan fingerprint density at radius 2 is 2.13 bits per heavy atom.